The fraction of sp³-hybridized carbons (Fsp3) is 0.258. The molecule has 5 rings (SSSR count). The zero-order valence-corrected chi connectivity index (χ0v) is 23.3. The molecule has 1 fully saturated rings. The number of amides is 1. The third-order valence-electron chi connectivity index (χ3n) is 7.51. The molecule has 8 heteroatoms. The Hall–Kier alpha value is -4.04. The Balaban J connectivity index is 1.48. The minimum Gasteiger partial charge on any atom is -0.352 e. The molecule has 1 saturated heterocycles. The van der Waals surface area contributed by atoms with E-state index in [2.05, 4.69) is 77.0 Å². The summed E-state index contributed by atoms with van der Waals surface area (Å²) in [5, 5.41) is 6.91. The van der Waals surface area contributed by atoms with Gasteiger partial charge in [-0.1, -0.05) is 18.2 Å². The van der Waals surface area contributed by atoms with Crippen LogP contribution in [0.1, 0.15) is 52.3 Å². The van der Waals surface area contributed by atoms with Gasteiger partial charge in [0.15, 0.2) is 5.11 Å². The van der Waals surface area contributed by atoms with Crippen molar-refractivity contribution in [3.05, 3.63) is 113 Å². The Bertz CT molecular complexity index is 1520. The third kappa shape index (κ3) is 5.29. The largest absolute Gasteiger partial charge is 0.352 e. The summed E-state index contributed by atoms with van der Waals surface area (Å²) in [6.45, 7) is 8.96. The average molecular weight is 542 g/mol. The number of anilines is 1. The van der Waals surface area contributed by atoms with Crippen LogP contribution >= 0.6 is 12.2 Å². The standard InChI is InChI=1S/C31H32FN5OS/c1-19-8-7-10-27(21(19)3)37-20(2)18-25(22(37)4)30-29(26-9-5-6-16-33-26)35-31(39)36(30)17-15-28(38)34-24-13-11-23(32)12-14-24/h5-14,16,18,29-30H,15,17H2,1-4H3,(H,34,38)(H,35,39). The van der Waals surface area contributed by atoms with E-state index in [9.17, 15) is 9.18 Å². The molecule has 0 radical (unpaired) electrons. The fourth-order valence-corrected chi connectivity index (χ4v) is 5.73. The van der Waals surface area contributed by atoms with Crippen LogP contribution in [0.2, 0.25) is 0 Å². The predicted octanol–water partition coefficient (Wildman–Crippen LogP) is 6.25. The maximum atomic E-state index is 13.3. The number of pyridine rings is 1. The smallest absolute Gasteiger partial charge is 0.226 e. The summed E-state index contributed by atoms with van der Waals surface area (Å²) in [7, 11) is 0. The number of carbonyl (C=O) groups is 1. The number of aromatic nitrogens is 2. The molecule has 2 N–H and O–H groups in total. The summed E-state index contributed by atoms with van der Waals surface area (Å²) in [5.74, 6) is -0.506. The van der Waals surface area contributed by atoms with E-state index in [4.69, 9.17) is 12.2 Å². The van der Waals surface area contributed by atoms with E-state index < -0.39 is 0 Å². The number of hydrogen-bond acceptors (Lipinski definition) is 3. The van der Waals surface area contributed by atoms with Gasteiger partial charge in [0.25, 0.3) is 0 Å². The van der Waals surface area contributed by atoms with Crippen molar-refractivity contribution in [3.63, 3.8) is 0 Å². The van der Waals surface area contributed by atoms with Crippen molar-refractivity contribution in [1.82, 2.24) is 19.8 Å². The maximum absolute atomic E-state index is 13.3. The van der Waals surface area contributed by atoms with Gasteiger partial charge in [0.1, 0.15) is 5.82 Å². The first-order valence-electron chi connectivity index (χ1n) is 13.0. The van der Waals surface area contributed by atoms with Gasteiger partial charge in [-0.15, -0.1) is 0 Å². The van der Waals surface area contributed by atoms with Gasteiger partial charge in [-0.25, -0.2) is 4.39 Å². The molecule has 6 nitrogen and oxygen atoms in total. The van der Waals surface area contributed by atoms with Crippen LogP contribution in [0.3, 0.4) is 0 Å². The zero-order valence-electron chi connectivity index (χ0n) is 22.5. The Kier molecular flexibility index (Phi) is 7.48. The number of nitrogens with zero attached hydrogens (tertiary/aromatic N) is 3. The molecule has 0 spiro atoms. The Labute approximate surface area is 233 Å². The van der Waals surface area contributed by atoms with Crippen molar-refractivity contribution in [3.8, 4) is 5.69 Å². The Morgan fingerprint density at radius 2 is 1.82 bits per heavy atom. The van der Waals surface area contributed by atoms with Crippen molar-refractivity contribution in [1.29, 1.82) is 0 Å². The second-order valence-corrected chi connectivity index (χ2v) is 10.4. The molecule has 0 bridgehead atoms. The lowest BCUT2D eigenvalue weighted by molar-refractivity contribution is -0.116. The topological polar surface area (TPSA) is 62.2 Å². The number of aryl methyl sites for hydroxylation is 2. The van der Waals surface area contributed by atoms with Crippen LogP contribution < -0.4 is 10.6 Å². The normalized spacial score (nSPS) is 16.8. The molecule has 4 aromatic rings. The molecular weight excluding hydrogens is 509 g/mol. The van der Waals surface area contributed by atoms with E-state index in [1.165, 1.54) is 23.3 Å². The molecule has 0 aliphatic carbocycles. The van der Waals surface area contributed by atoms with Crippen LogP contribution in [0.5, 0.6) is 0 Å². The quantitative estimate of drug-likeness (QED) is 0.271. The van der Waals surface area contributed by atoms with E-state index in [0.717, 1.165) is 28.3 Å². The number of hydrogen-bond donors (Lipinski definition) is 2. The number of rotatable bonds is 7. The lowest BCUT2D eigenvalue weighted by Crippen LogP contribution is -2.32. The molecule has 2 aromatic carbocycles. The van der Waals surface area contributed by atoms with Gasteiger partial charge in [-0.3, -0.25) is 9.78 Å². The maximum Gasteiger partial charge on any atom is 0.226 e. The molecule has 1 aliphatic rings. The molecule has 200 valence electrons. The van der Waals surface area contributed by atoms with Gasteiger partial charge < -0.3 is 20.1 Å². The molecule has 1 amide bonds. The van der Waals surface area contributed by atoms with E-state index in [1.807, 2.05) is 18.2 Å². The zero-order chi connectivity index (χ0) is 27.7. The summed E-state index contributed by atoms with van der Waals surface area (Å²) in [6, 6.07) is 19.9. The molecule has 1 aliphatic heterocycles. The highest BCUT2D eigenvalue weighted by Gasteiger charge is 2.41. The lowest BCUT2D eigenvalue weighted by atomic mass is 9.96. The summed E-state index contributed by atoms with van der Waals surface area (Å²) in [4.78, 5) is 19.6. The molecular formula is C31H32FN5OS. The van der Waals surface area contributed by atoms with Crippen molar-refractivity contribution >= 4 is 28.9 Å². The summed E-state index contributed by atoms with van der Waals surface area (Å²) >= 11 is 5.81. The average Bonchev–Trinajstić information content (AvgIpc) is 3.40. The van der Waals surface area contributed by atoms with Crippen LogP contribution in [-0.2, 0) is 4.79 Å². The first kappa shape index (κ1) is 26.6. The van der Waals surface area contributed by atoms with Crippen LogP contribution in [0.25, 0.3) is 5.69 Å². The molecule has 3 heterocycles. The monoisotopic (exact) mass is 541 g/mol. The molecule has 0 saturated carbocycles. The van der Waals surface area contributed by atoms with Crippen molar-refractivity contribution in [2.45, 2.75) is 46.2 Å². The minimum absolute atomic E-state index is 0.156. The number of thiocarbonyl (C=S) groups is 1. The third-order valence-corrected chi connectivity index (χ3v) is 7.86. The summed E-state index contributed by atoms with van der Waals surface area (Å²) in [5.41, 5.74) is 8.47. The van der Waals surface area contributed by atoms with E-state index in [-0.39, 0.29) is 30.2 Å². The summed E-state index contributed by atoms with van der Waals surface area (Å²) in [6.07, 6.45) is 2.01. The van der Waals surface area contributed by atoms with Crippen molar-refractivity contribution in [2.24, 2.45) is 0 Å². The second-order valence-electron chi connectivity index (χ2n) is 10.0. The highest BCUT2D eigenvalue weighted by molar-refractivity contribution is 7.80. The SMILES string of the molecule is Cc1cccc(-n2c(C)cc(C3C(c4ccccn4)NC(=S)N3CCC(=O)Nc3ccc(F)cc3)c2C)c1C. The number of carbonyl (C=O) groups excluding carboxylic acids is 1. The highest BCUT2D eigenvalue weighted by atomic mass is 32.1. The first-order chi connectivity index (χ1) is 18.7. The molecule has 2 unspecified atom stereocenters. The van der Waals surface area contributed by atoms with E-state index >= 15 is 0 Å². The first-order valence-corrected chi connectivity index (χ1v) is 13.4. The van der Waals surface area contributed by atoms with Gasteiger partial charge in [0.2, 0.25) is 5.91 Å². The van der Waals surface area contributed by atoms with Crippen LogP contribution in [-0.4, -0.2) is 32.0 Å². The van der Waals surface area contributed by atoms with Crippen LogP contribution in [0.15, 0.2) is 72.9 Å². The summed E-state index contributed by atoms with van der Waals surface area (Å²) < 4.78 is 15.6. The minimum atomic E-state index is -0.344. The lowest BCUT2D eigenvalue weighted by Gasteiger charge is -2.28. The second kappa shape index (κ2) is 11.0. The van der Waals surface area contributed by atoms with Gasteiger partial charge in [0, 0.05) is 41.9 Å². The fourth-order valence-electron chi connectivity index (χ4n) is 5.40. The van der Waals surface area contributed by atoms with Gasteiger partial charge in [-0.05, 0) is 105 Å². The Morgan fingerprint density at radius 1 is 1.05 bits per heavy atom. The van der Waals surface area contributed by atoms with Gasteiger partial charge in [0.05, 0.1) is 17.8 Å². The van der Waals surface area contributed by atoms with Crippen molar-refractivity contribution in [2.75, 3.05) is 11.9 Å². The van der Waals surface area contributed by atoms with Crippen molar-refractivity contribution < 1.29 is 9.18 Å². The van der Waals surface area contributed by atoms with Crippen LogP contribution in [0, 0.1) is 33.5 Å². The number of benzene rings is 2. The molecule has 2 aromatic heterocycles. The molecule has 2 atom stereocenters. The number of nitrogens with one attached hydrogen (secondary N) is 2. The van der Waals surface area contributed by atoms with Gasteiger partial charge >= 0.3 is 0 Å². The highest BCUT2D eigenvalue weighted by Crippen LogP contribution is 2.41. The van der Waals surface area contributed by atoms with Gasteiger partial charge in [-0.2, -0.15) is 0 Å². The predicted molar refractivity (Wildman–Crippen MR) is 157 cm³/mol. The van der Waals surface area contributed by atoms with E-state index in [0.29, 0.717) is 17.3 Å². The van der Waals surface area contributed by atoms with Crippen LogP contribution in [0.4, 0.5) is 10.1 Å². The Morgan fingerprint density at radius 3 is 2.54 bits per heavy atom. The molecule has 39 heavy (non-hydrogen) atoms. The number of halogens is 1. The van der Waals surface area contributed by atoms with E-state index in [1.54, 1.807) is 18.3 Å².